The second-order valence-electron chi connectivity index (χ2n) is 8.03. The molecule has 0 radical (unpaired) electrons. The van der Waals surface area contributed by atoms with Crippen LogP contribution in [0.1, 0.15) is 41.0 Å². The van der Waals surface area contributed by atoms with E-state index in [0.29, 0.717) is 22.8 Å². The maximum absolute atomic E-state index is 12.8. The summed E-state index contributed by atoms with van der Waals surface area (Å²) in [6.07, 6.45) is 5.31. The number of nitrogens with zero attached hydrogens (tertiary/aromatic N) is 1. The molecule has 0 spiro atoms. The number of aryl methyl sites for hydroxylation is 2. The number of amides is 1. The lowest BCUT2D eigenvalue weighted by molar-refractivity contribution is -0.117. The Bertz CT molecular complexity index is 1290. The minimum Gasteiger partial charge on any atom is -0.354 e. The molecule has 1 amide bonds. The van der Waals surface area contributed by atoms with Crippen molar-refractivity contribution < 1.29 is 17.7 Å². The monoisotopic (exact) mass is 451 g/mol. The van der Waals surface area contributed by atoms with E-state index < -0.39 is 10.0 Å². The molecule has 4 rings (SSSR count). The van der Waals surface area contributed by atoms with Crippen LogP contribution in [0.25, 0.3) is 12.2 Å². The fraction of sp³-hybridized carbons (Fsp3) is 0.250. The van der Waals surface area contributed by atoms with Gasteiger partial charge >= 0.3 is 0 Å². The lowest BCUT2D eigenvalue weighted by atomic mass is 10.1. The van der Waals surface area contributed by atoms with Crippen molar-refractivity contribution in [3.63, 3.8) is 0 Å². The Morgan fingerprint density at radius 3 is 2.47 bits per heavy atom. The van der Waals surface area contributed by atoms with Gasteiger partial charge < -0.3 is 9.84 Å². The standard InChI is InChI=1S/C24H25N3O4S/c1-15-5-4-6-21(16(15)2)27-32(29,30)20-12-7-18(8-13-20)9-14-22-23(17(3)26-31-22)25-24(28)19-10-11-19/h4-9,12-14,19,27H,10-11H2,1-3H3,(H,25,28)/b14-9-. The zero-order valence-electron chi connectivity index (χ0n) is 18.2. The Morgan fingerprint density at radius 1 is 1.06 bits per heavy atom. The molecule has 1 heterocycles. The van der Waals surface area contributed by atoms with E-state index in [1.807, 2.05) is 26.0 Å². The highest BCUT2D eigenvalue weighted by Gasteiger charge is 2.30. The highest BCUT2D eigenvalue weighted by Crippen LogP contribution is 2.32. The van der Waals surface area contributed by atoms with Crippen LogP contribution in [0, 0.1) is 26.7 Å². The topological polar surface area (TPSA) is 101 Å². The molecule has 1 aromatic heterocycles. The molecular formula is C24H25N3O4S. The van der Waals surface area contributed by atoms with Crippen molar-refractivity contribution in [3.05, 3.63) is 70.6 Å². The number of hydrogen-bond donors (Lipinski definition) is 2. The number of benzene rings is 2. The van der Waals surface area contributed by atoms with Crippen molar-refractivity contribution in [2.75, 3.05) is 10.0 Å². The number of carbonyl (C=O) groups is 1. The van der Waals surface area contributed by atoms with Gasteiger partial charge in [-0.2, -0.15) is 0 Å². The predicted octanol–water partition coefficient (Wildman–Crippen LogP) is 4.92. The van der Waals surface area contributed by atoms with Crippen LogP contribution in [-0.2, 0) is 14.8 Å². The van der Waals surface area contributed by atoms with Crippen LogP contribution in [0.2, 0.25) is 0 Å². The third-order valence-electron chi connectivity index (χ3n) is 5.55. The van der Waals surface area contributed by atoms with Gasteiger partial charge in [0.05, 0.1) is 10.6 Å². The Balaban J connectivity index is 1.49. The number of hydrogen-bond acceptors (Lipinski definition) is 5. The van der Waals surface area contributed by atoms with Gasteiger partial charge in [0.15, 0.2) is 5.76 Å². The first-order valence-corrected chi connectivity index (χ1v) is 11.9. The molecule has 0 atom stereocenters. The van der Waals surface area contributed by atoms with Gasteiger partial charge in [-0.15, -0.1) is 0 Å². The molecule has 3 aromatic rings. The number of nitrogens with one attached hydrogen (secondary N) is 2. The lowest BCUT2D eigenvalue weighted by Gasteiger charge is -2.12. The van der Waals surface area contributed by atoms with Gasteiger partial charge in [-0.1, -0.05) is 35.5 Å². The molecule has 1 aliphatic carbocycles. The molecule has 0 saturated heterocycles. The summed E-state index contributed by atoms with van der Waals surface area (Å²) in [6.45, 7) is 5.59. The molecule has 1 aliphatic rings. The second-order valence-corrected chi connectivity index (χ2v) is 9.71. The van der Waals surface area contributed by atoms with Crippen LogP contribution in [-0.4, -0.2) is 19.5 Å². The molecule has 1 fully saturated rings. The third kappa shape index (κ3) is 4.75. The maximum atomic E-state index is 12.8. The zero-order chi connectivity index (χ0) is 22.9. The zero-order valence-corrected chi connectivity index (χ0v) is 19.0. The molecule has 8 heteroatoms. The van der Waals surface area contributed by atoms with Crippen molar-refractivity contribution in [2.24, 2.45) is 5.92 Å². The van der Waals surface area contributed by atoms with E-state index in [2.05, 4.69) is 15.2 Å². The van der Waals surface area contributed by atoms with Crippen LogP contribution in [0.5, 0.6) is 0 Å². The normalized spacial score (nSPS) is 14.0. The van der Waals surface area contributed by atoms with Crippen molar-refractivity contribution >= 4 is 39.5 Å². The number of aromatic nitrogens is 1. The summed E-state index contributed by atoms with van der Waals surface area (Å²) in [5, 5.41) is 6.82. The largest absolute Gasteiger partial charge is 0.354 e. The lowest BCUT2D eigenvalue weighted by Crippen LogP contribution is -2.14. The van der Waals surface area contributed by atoms with E-state index in [1.165, 1.54) is 0 Å². The third-order valence-corrected chi connectivity index (χ3v) is 6.93. The van der Waals surface area contributed by atoms with E-state index in [-0.39, 0.29) is 16.7 Å². The molecule has 7 nitrogen and oxygen atoms in total. The first kappa shape index (κ1) is 21.8. The summed E-state index contributed by atoms with van der Waals surface area (Å²) < 4.78 is 33.5. The van der Waals surface area contributed by atoms with E-state index in [9.17, 15) is 13.2 Å². The van der Waals surface area contributed by atoms with Gasteiger partial charge in [-0.05, 0) is 74.6 Å². The smallest absolute Gasteiger partial charge is 0.261 e. The minimum absolute atomic E-state index is 0.0168. The number of anilines is 2. The summed E-state index contributed by atoms with van der Waals surface area (Å²) in [7, 11) is -3.71. The average Bonchev–Trinajstić information content (AvgIpc) is 3.56. The summed E-state index contributed by atoms with van der Waals surface area (Å²) in [5.74, 6) is 0.509. The van der Waals surface area contributed by atoms with Crippen LogP contribution in [0.4, 0.5) is 11.4 Å². The average molecular weight is 452 g/mol. The number of carbonyl (C=O) groups excluding carboxylic acids is 1. The molecule has 0 bridgehead atoms. The van der Waals surface area contributed by atoms with Crippen molar-refractivity contribution in [2.45, 2.75) is 38.5 Å². The van der Waals surface area contributed by atoms with E-state index >= 15 is 0 Å². The van der Waals surface area contributed by atoms with Crippen LogP contribution in [0.3, 0.4) is 0 Å². The molecule has 166 valence electrons. The quantitative estimate of drug-likeness (QED) is 0.531. The Morgan fingerprint density at radius 2 is 1.78 bits per heavy atom. The molecule has 2 N–H and O–H groups in total. The first-order chi connectivity index (χ1) is 15.2. The molecule has 32 heavy (non-hydrogen) atoms. The van der Waals surface area contributed by atoms with Crippen molar-refractivity contribution in [1.82, 2.24) is 5.16 Å². The Hall–Kier alpha value is -3.39. The van der Waals surface area contributed by atoms with E-state index in [0.717, 1.165) is 29.5 Å². The second kappa shape index (κ2) is 8.63. The predicted molar refractivity (Wildman–Crippen MR) is 125 cm³/mol. The first-order valence-electron chi connectivity index (χ1n) is 10.4. The summed E-state index contributed by atoms with van der Waals surface area (Å²) in [5.41, 5.74) is 4.43. The summed E-state index contributed by atoms with van der Waals surface area (Å²) >= 11 is 0. The molecule has 0 aliphatic heterocycles. The summed E-state index contributed by atoms with van der Waals surface area (Å²) in [4.78, 5) is 12.3. The number of sulfonamides is 1. The van der Waals surface area contributed by atoms with Gasteiger partial charge in [0, 0.05) is 5.92 Å². The highest BCUT2D eigenvalue weighted by molar-refractivity contribution is 7.92. The van der Waals surface area contributed by atoms with E-state index in [1.54, 1.807) is 49.4 Å². The summed E-state index contributed by atoms with van der Waals surface area (Å²) in [6, 6.07) is 12.0. The Kier molecular flexibility index (Phi) is 5.88. The molecule has 1 saturated carbocycles. The van der Waals surface area contributed by atoms with Crippen LogP contribution >= 0.6 is 0 Å². The molecule has 0 unspecified atom stereocenters. The Labute approximate surface area is 187 Å². The van der Waals surface area contributed by atoms with Crippen LogP contribution < -0.4 is 10.0 Å². The van der Waals surface area contributed by atoms with Gasteiger partial charge in [-0.25, -0.2) is 8.42 Å². The SMILES string of the molecule is Cc1cccc(NS(=O)(=O)c2ccc(/C=C\c3onc(C)c3NC(=O)C3CC3)cc2)c1C. The fourth-order valence-electron chi connectivity index (χ4n) is 3.22. The van der Waals surface area contributed by atoms with E-state index in [4.69, 9.17) is 4.52 Å². The van der Waals surface area contributed by atoms with Gasteiger partial charge in [-0.3, -0.25) is 9.52 Å². The fourth-order valence-corrected chi connectivity index (χ4v) is 4.34. The minimum atomic E-state index is -3.71. The number of rotatable bonds is 7. The highest BCUT2D eigenvalue weighted by atomic mass is 32.2. The van der Waals surface area contributed by atoms with Crippen LogP contribution in [0.15, 0.2) is 51.9 Å². The van der Waals surface area contributed by atoms with Gasteiger partial charge in [0.25, 0.3) is 10.0 Å². The molecule has 2 aromatic carbocycles. The van der Waals surface area contributed by atoms with Crippen molar-refractivity contribution in [3.8, 4) is 0 Å². The van der Waals surface area contributed by atoms with Gasteiger partial charge in [0.2, 0.25) is 5.91 Å². The van der Waals surface area contributed by atoms with Crippen molar-refractivity contribution in [1.29, 1.82) is 0 Å². The molecular weight excluding hydrogens is 426 g/mol. The van der Waals surface area contributed by atoms with Gasteiger partial charge in [0.1, 0.15) is 11.4 Å². The maximum Gasteiger partial charge on any atom is 0.261 e.